The lowest BCUT2D eigenvalue weighted by Crippen LogP contribution is -2.67. The summed E-state index contributed by atoms with van der Waals surface area (Å²) in [6.45, 7) is 7.32. The minimum Gasteiger partial charge on any atom is -0.405 e. The van der Waals surface area contributed by atoms with E-state index < -0.39 is 14.6 Å². The minimum atomic E-state index is -2.50. The van der Waals surface area contributed by atoms with Crippen LogP contribution in [0.3, 0.4) is 0 Å². The number of ether oxygens (including phenoxy) is 1. The number of hydrogen-bond acceptors (Lipinski definition) is 3. The van der Waals surface area contributed by atoms with Gasteiger partial charge in [-0.3, -0.25) is 0 Å². The van der Waals surface area contributed by atoms with Gasteiger partial charge in [0.15, 0.2) is 6.29 Å². The third kappa shape index (κ3) is 3.72. The van der Waals surface area contributed by atoms with Crippen LogP contribution in [-0.2, 0) is 9.16 Å². The Balaban J connectivity index is 2.02. The van der Waals surface area contributed by atoms with Crippen LogP contribution in [-0.4, -0.2) is 32.4 Å². The quantitative estimate of drug-likeness (QED) is 0.837. The second-order valence-electron chi connectivity index (χ2n) is 7.76. The molecule has 1 fully saturated rings. The SMILES string of the molecule is CC(C)(C)[Si](OC[C@@H]1CC[C@@H](O)O1)(c1ccccc1)c1ccccc1. The fraction of sp³-hybridized carbons (Fsp3) is 0.429. The fourth-order valence-corrected chi connectivity index (χ4v) is 8.38. The molecule has 25 heavy (non-hydrogen) atoms. The van der Waals surface area contributed by atoms with Crippen LogP contribution in [0.5, 0.6) is 0 Å². The van der Waals surface area contributed by atoms with Gasteiger partial charge in [-0.15, -0.1) is 0 Å². The lowest BCUT2D eigenvalue weighted by molar-refractivity contribution is -0.0992. The molecule has 1 heterocycles. The Labute approximate surface area is 151 Å². The molecule has 0 aliphatic carbocycles. The molecule has 0 saturated carbocycles. The lowest BCUT2D eigenvalue weighted by atomic mass is 10.2. The zero-order valence-electron chi connectivity index (χ0n) is 15.3. The molecule has 0 bridgehead atoms. The van der Waals surface area contributed by atoms with Crippen molar-refractivity contribution >= 4 is 18.7 Å². The van der Waals surface area contributed by atoms with Crippen LogP contribution in [0.2, 0.25) is 5.04 Å². The topological polar surface area (TPSA) is 38.7 Å². The summed E-state index contributed by atoms with van der Waals surface area (Å²) >= 11 is 0. The van der Waals surface area contributed by atoms with E-state index in [0.717, 1.165) is 6.42 Å². The third-order valence-corrected chi connectivity index (χ3v) is 9.99. The molecule has 0 spiro atoms. The highest BCUT2D eigenvalue weighted by Gasteiger charge is 2.50. The predicted molar refractivity (Wildman–Crippen MR) is 104 cm³/mol. The van der Waals surface area contributed by atoms with Crippen molar-refractivity contribution in [3.63, 3.8) is 0 Å². The molecule has 134 valence electrons. The Bertz CT molecular complexity index is 627. The maximum atomic E-state index is 9.66. The van der Waals surface area contributed by atoms with Crippen LogP contribution in [0.1, 0.15) is 33.6 Å². The minimum absolute atomic E-state index is 0.0309. The largest absolute Gasteiger partial charge is 0.405 e. The first kappa shape index (κ1) is 18.3. The van der Waals surface area contributed by atoms with Gasteiger partial charge in [-0.2, -0.15) is 0 Å². The van der Waals surface area contributed by atoms with E-state index in [9.17, 15) is 5.11 Å². The molecular weight excluding hydrogens is 328 g/mol. The van der Waals surface area contributed by atoms with Crippen molar-refractivity contribution in [3.8, 4) is 0 Å². The van der Waals surface area contributed by atoms with Crippen LogP contribution >= 0.6 is 0 Å². The van der Waals surface area contributed by atoms with Crippen LogP contribution in [0, 0.1) is 0 Å². The highest BCUT2D eigenvalue weighted by atomic mass is 28.4. The molecule has 1 aliphatic rings. The van der Waals surface area contributed by atoms with Crippen molar-refractivity contribution in [1.29, 1.82) is 0 Å². The van der Waals surface area contributed by atoms with Gasteiger partial charge in [-0.1, -0.05) is 81.4 Å². The van der Waals surface area contributed by atoms with E-state index in [2.05, 4.69) is 69.3 Å². The predicted octanol–water partition coefficient (Wildman–Crippen LogP) is 3.06. The van der Waals surface area contributed by atoms with Crippen LogP contribution in [0.15, 0.2) is 60.7 Å². The van der Waals surface area contributed by atoms with Gasteiger partial charge < -0.3 is 14.3 Å². The monoisotopic (exact) mass is 356 g/mol. The van der Waals surface area contributed by atoms with E-state index in [0.29, 0.717) is 13.0 Å². The molecule has 1 aliphatic heterocycles. The Morgan fingerprint density at radius 3 is 1.88 bits per heavy atom. The summed E-state index contributed by atoms with van der Waals surface area (Å²) < 4.78 is 12.4. The Kier molecular flexibility index (Phi) is 5.44. The normalized spacial score (nSPS) is 21.4. The molecule has 0 unspecified atom stereocenters. The second-order valence-corrected chi connectivity index (χ2v) is 12.1. The van der Waals surface area contributed by atoms with Gasteiger partial charge in [0, 0.05) is 6.42 Å². The molecule has 3 nitrogen and oxygen atoms in total. The van der Waals surface area contributed by atoms with Gasteiger partial charge >= 0.3 is 0 Å². The van der Waals surface area contributed by atoms with E-state index >= 15 is 0 Å². The molecule has 0 radical (unpaired) electrons. The number of benzene rings is 2. The average Bonchev–Trinajstić information content (AvgIpc) is 3.02. The lowest BCUT2D eigenvalue weighted by Gasteiger charge is -2.43. The summed E-state index contributed by atoms with van der Waals surface area (Å²) in [5, 5.41) is 12.2. The molecule has 1 N–H and O–H groups in total. The highest BCUT2D eigenvalue weighted by molar-refractivity contribution is 6.99. The average molecular weight is 357 g/mol. The molecule has 1 saturated heterocycles. The summed E-state index contributed by atoms with van der Waals surface area (Å²) in [5.41, 5.74) is 0. The van der Waals surface area contributed by atoms with E-state index in [1.54, 1.807) is 0 Å². The fourth-order valence-electron chi connectivity index (χ4n) is 3.79. The maximum Gasteiger partial charge on any atom is 0.261 e. The van der Waals surface area contributed by atoms with Crippen molar-refractivity contribution in [1.82, 2.24) is 0 Å². The second kappa shape index (κ2) is 7.42. The molecule has 2 aromatic rings. The highest BCUT2D eigenvalue weighted by Crippen LogP contribution is 2.37. The van der Waals surface area contributed by atoms with E-state index in [1.165, 1.54) is 10.4 Å². The number of aliphatic hydroxyl groups excluding tert-OH is 1. The van der Waals surface area contributed by atoms with Crippen molar-refractivity contribution < 1.29 is 14.3 Å². The summed E-state index contributed by atoms with van der Waals surface area (Å²) in [5.74, 6) is 0. The molecular formula is C21H28O3Si. The van der Waals surface area contributed by atoms with Crippen molar-refractivity contribution in [3.05, 3.63) is 60.7 Å². The van der Waals surface area contributed by atoms with Crippen LogP contribution < -0.4 is 10.4 Å². The summed E-state index contributed by atoms with van der Waals surface area (Å²) in [7, 11) is -2.50. The summed E-state index contributed by atoms with van der Waals surface area (Å²) in [6, 6.07) is 21.2. The number of aliphatic hydroxyl groups is 1. The Morgan fingerprint density at radius 2 is 1.48 bits per heavy atom. The first-order valence-electron chi connectivity index (χ1n) is 9.02. The summed E-state index contributed by atoms with van der Waals surface area (Å²) in [4.78, 5) is 0. The first-order valence-corrected chi connectivity index (χ1v) is 10.9. The van der Waals surface area contributed by atoms with Gasteiger partial charge in [0.2, 0.25) is 0 Å². The molecule has 4 heteroatoms. The molecule has 3 rings (SSSR count). The van der Waals surface area contributed by atoms with Crippen molar-refractivity contribution in [2.24, 2.45) is 0 Å². The van der Waals surface area contributed by atoms with Gasteiger partial charge in [-0.25, -0.2) is 0 Å². The van der Waals surface area contributed by atoms with Gasteiger partial charge in [0.1, 0.15) is 0 Å². The molecule has 0 aromatic heterocycles. The van der Waals surface area contributed by atoms with Gasteiger partial charge in [-0.05, 0) is 21.8 Å². The van der Waals surface area contributed by atoms with E-state index in [4.69, 9.17) is 9.16 Å². The Hall–Kier alpha value is -1.46. The molecule has 2 atom stereocenters. The standard InChI is InChI=1S/C21H28O3Si/c1-21(2,3)25(18-10-6-4-7-11-18,19-12-8-5-9-13-19)23-16-17-14-15-20(22)24-17/h4-13,17,20,22H,14-16H2,1-3H3/t17-,20-/m0/s1. The third-order valence-electron chi connectivity index (χ3n) is 4.99. The van der Waals surface area contributed by atoms with Gasteiger partial charge in [0.05, 0.1) is 12.7 Å². The number of rotatable bonds is 5. The zero-order chi connectivity index (χ0) is 17.9. The molecule has 0 amide bonds. The van der Waals surface area contributed by atoms with Crippen molar-refractivity contribution in [2.45, 2.75) is 51.0 Å². The zero-order valence-corrected chi connectivity index (χ0v) is 16.3. The Morgan fingerprint density at radius 1 is 0.960 bits per heavy atom. The summed E-state index contributed by atoms with van der Waals surface area (Å²) in [6.07, 6.45) is 0.859. The maximum absolute atomic E-state index is 9.66. The molecule has 2 aromatic carbocycles. The van der Waals surface area contributed by atoms with Gasteiger partial charge in [0.25, 0.3) is 8.32 Å². The smallest absolute Gasteiger partial charge is 0.261 e. The van der Waals surface area contributed by atoms with Crippen LogP contribution in [0.4, 0.5) is 0 Å². The number of hydrogen-bond donors (Lipinski definition) is 1. The van der Waals surface area contributed by atoms with E-state index in [1.807, 2.05) is 12.1 Å². The van der Waals surface area contributed by atoms with Crippen molar-refractivity contribution in [2.75, 3.05) is 6.61 Å². The van der Waals surface area contributed by atoms with E-state index in [-0.39, 0.29) is 11.1 Å². The van der Waals surface area contributed by atoms with Crippen LogP contribution in [0.25, 0.3) is 0 Å². The first-order chi connectivity index (χ1) is 11.9.